The molecule has 0 unspecified atom stereocenters. The van der Waals surface area contributed by atoms with Gasteiger partial charge in [0.25, 0.3) is 0 Å². The first-order valence-corrected chi connectivity index (χ1v) is 8.06. The van der Waals surface area contributed by atoms with E-state index in [0.29, 0.717) is 12.5 Å². The third kappa shape index (κ3) is 10.5. The van der Waals surface area contributed by atoms with Gasteiger partial charge in [0.15, 0.2) is 12.6 Å². The second-order valence-corrected chi connectivity index (χ2v) is 5.38. The summed E-state index contributed by atoms with van der Waals surface area (Å²) in [6.45, 7) is 0.0557. The molecule has 9 heteroatoms. The molecule has 0 aliphatic rings. The van der Waals surface area contributed by atoms with Crippen molar-refractivity contribution in [3.05, 3.63) is 29.8 Å². The molecule has 0 aromatic heterocycles. The molecule has 0 amide bonds. The van der Waals surface area contributed by atoms with Gasteiger partial charge in [0.2, 0.25) is 0 Å². The highest BCUT2D eigenvalue weighted by atomic mass is 127. The second-order valence-electron chi connectivity index (χ2n) is 4.39. The minimum absolute atomic E-state index is 0. The summed E-state index contributed by atoms with van der Waals surface area (Å²) in [5, 5.41) is 6.29. The van der Waals surface area contributed by atoms with E-state index in [4.69, 9.17) is 0 Å². The Morgan fingerprint density at radius 2 is 1.87 bits per heavy atom. The van der Waals surface area contributed by atoms with E-state index in [2.05, 4.69) is 20.4 Å². The van der Waals surface area contributed by atoms with Crippen LogP contribution in [0.25, 0.3) is 0 Å². The van der Waals surface area contributed by atoms with Gasteiger partial charge in [-0.05, 0) is 24.0 Å². The summed E-state index contributed by atoms with van der Waals surface area (Å²) >= 11 is 1.74. The summed E-state index contributed by atoms with van der Waals surface area (Å²) in [6, 6.07) is 6.47. The fourth-order valence-corrected chi connectivity index (χ4v) is 1.85. The molecule has 0 atom stereocenters. The molecule has 0 saturated carbocycles. The van der Waals surface area contributed by atoms with Crippen molar-refractivity contribution in [1.82, 2.24) is 10.6 Å². The maximum absolute atomic E-state index is 12.0. The van der Waals surface area contributed by atoms with Crippen molar-refractivity contribution in [3.63, 3.8) is 0 Å². The van der Waals surface area contributed by atoms with Gasteiger partial charge >= 0.3 is 6.18 Å². The lowest BCUT2D eigenvalue weighted by Gasteiger charge is -2.12. The van der Waals surface area contributed by atoms with Crippen LogP contribution in [-0.2, 0) is 6.54 Å². The monoisotopic (exact) mass is 463 g/mol. The molecule has 132 valence electrons. The van der Waals surface area contributed by atoms with E-state index in [1.807, 2.05) is 6.26 Å². The number of ether oxygens (including phenoxy) is 1. The van der Waals surface area contributed by atoms with E-state index >= 15 is 0 Å². The van der Waals surface area contributed by atoms with Crippen molar-refractivity contribution >= 4 is 41.7 Å². The third-order valence-electron chi connectivity index (χ3n) is 2.61. The fraction of sp³-hybridized carbons (Fsp3) is 0.500. The van der Waals surface area contributed by atoms with Crippen LogP contribution >= 0.6 is 35.7 Å². The molecule has 2 N–H and O–H groups in total. The first-order valence-electron chi connectivity index (χ1n) is 6.66. The minimum Gasteiger partial charge on any atom is -0.484 e. The zero-order chi connectivity index (χ0) is 16.4. The third-order valence-corrected chi connectivity index (χ3v) is 3.22. The van der Waals surface area contributed by atoms with Crippen LogP contribution < -0.4 is 15.4 Å². The lowest BCUT2D eigenvalue weighted by atomic mass is 10.2. The van der Waals surface area contributed by atoms with Crippen molar-refractivity contribution in [2.45, 2.75) is 12.7 Å². The number of nitrogens with one attached hydrogen (secondary N) is 2. The highest BCUT2D eigenvalue weighted by Crippen LogP contribution is 2.18. The number of nitrogens with zero attached hydrogens (tertiary/aromatic N) is 1. The number of thioether (sulfide) groups is 1. The van der Waals surface area contributed by atoms with Crippen LogP contribution in [0.1, 0.15) is 5.56 Å². The lowest BCUT2D eigenvalue weighted by Crippen LogP contribution is -2.37. The highest BCUT2D eigenvalue weighted by Gasteiger charge is 2.28. The topological polar surface area (TPSA) is 45.7 Å². The zero-order valence-electron chi connectivity index (χ0n) is 12.9. The fourth-order valence-electron chi connectivity index (χ4n) is 1.55. The quantitative estimate of drug-likeness (QED) is 0.282. The van der Waals surface area contributed by atoms with Crippen LogP contribution in [0.3, 0.4) is 0 Å². The molecule has 0 saturated heterocycles. The predicted molar refractivity (Wildman–Crippen MR) is 100.0 cm³/mol. The minimum atomic E-state index is -4.32. The van der Waals surface area contributed by atoms with E-state index in [0.717, 1.165) is 17.9 Å². The summed E-state index contributed by atoms with van der Waals surface area (Å²) in [4.78, 5) is 4.08. The number of rotatable bonds is 7. The van der Waals surface area contributed by atoms with Crippen LogP contribution in [0.2, 0.25) is 0 Å². The molecular weight excluding hydrogens is 442 g/mol. The molecule has 0 bridgehead atoms. The molecule has 4 nitrogen and oxygen atoms in total. The average molecular weight is 463 g/mol. The van der Waals surface area contributed by atoms with Gasteiger partial charge in [-0.2, -0.15) is 24.9 Å². The maximum Gasteiger partial charge on any atom is 0.422 e. The van der Waals surface area contributed by atoms with Crippen molar-refractivity contribution in [3.8, 4) is 5.75 Å². The van der Waals surface area contributed by atoms with Crippen molar-refractivity contribution in [2.75, 3.05) is 32.2 Å². The second kappa shape index (κ2) is 11.7. The molecule has 0 spiro atoms. The van der Waals surface area contributed by atoms with E-state index in [1.165, 1.54) is 12.1 Å². The lowest BCUT2D eigenvalue weighted by molar-refractivity contribution is -0.153. The largest absolute Gasteiger partial charge is 0.484 e. The molecule has 0 heterocycles. The Labute approximate surface area is 155 Å². The van der Waals surface area contributed by atoms with Gasteiger partial charge in [0, 0.05) is 25.9 Å². The smallest absolute Gasteiger partial charge is 0.422 e. The van der Waals surface area contributed by atoms with Crippen LogP contribution in [0.15, 0.2) is 29.3 Å². The Bertz CT molecular complexity index is 469. The molecule has 1 aromatic rings. The average Bonchev–Trinajstić information content (AvgIpc) is 2.49. The summed E-state index contributed by atoms with van der Waals surface area (Å²) in [7, 11) is 1.68. The highest BCUT2D eigenvalue weighted by molar-refractivity contribution is 14.0. The van der Waals surface area contributed by atoms with Gasteiger partial charge < -0.3 is 15.4 Å². The molecule has 1 aromatic carbocycles. The Morgan fingerprint density at radius 3 is 2.39 bits per heavy atom. The number of benzene rings is 1. The Morgan fingerprint density at radius 1 is 1.22 bits per heavy atom. The van der Waals surface area contributed by atoms with Crippen molar-refractivity contribution in [1.29, 1.82) is 0 Å². The van der Waals surface area contributed by atoms with Crippen LogP contribution in [0.5, 0.6) is 5.75 Å². The van der Waals surface area contributed by atoms with E-state index < -0.39 is 12.8 Å². The molecule has 1 rings (SSSR count). The first kappa shape index (κ1) is 22.2. The molecule has 0 aliphatic carbocycles. The molecular formula is C14H21F3IN3OS. The van der Waals surface area contributed by atoms with Gasteiger partial charge in [-0.1, -0.05) is 12.1 Å². The predicted octanol–water partition coefficient (Wildman–Crippen LogP) is 3.27. The summed E-state index contributed by atoms with van der Waals surface area (Å²) in [5.41, 5.74) is 0.923. The van der Waals surface area contributed by atoms with Crippen LogP contribution in [-0.4, -0.2) is 44.3 Å². The first-order chi connectivity index (χ1) is 10.4. The summed E-state index contributed by atoms with van der Waals surface area (Å²) in [6.07, 6.45) is -2.30. The van der Waals surface area contributed by atoms with Crippen LogP contribution in [0, 0.1) is 0 Å². The van der Waals surface area contributed by atoms with E-state index in [1.54, 1.807) is 30.9 Å². The van der Waals surface area contributed by atoms with E-state index in [9.17, 15) is 13.2 Å². The number of hydrogen-bond donors (Lipinski definition) is 2. The Hall–Kier alpha value is -0.840. The maximum atomic E-state index is 12.0. The molecule has 0 aliphatic heterocycles. The van der Waals surface area contributed by atoms with Crippen molar-refractivity contribution in [2.24, 2.45) is 4.99 Å². The number of hydrogen-bond acceptors (Lipinski definition) is 3. The molecule has 0 radical (unpaired) electrons. The van der Waals surface area contributed by atoms with Gasteiger partial charge in [0.05, 0.1) is 0 Å². The van der Waals surface area contributed by atoms with Gasteiger partial charge in [-0.25, -0.2) is 0 Å². The molecule has 0 fully saturated rings. The zero-order valence-corrected chi connectivity index (χ0v) is 16.1. The SMILES string of the molecule is CN=C(NCCSC)NCc1ccc(OCC(F)(F)F)cc1.I. The van der Waals surface area contributed by atoms with Crippen molar-refractivity contribution < 1.29 is 17.9 Å². The van der Waals surface area contributed by atoms with E-state index in [-0.39, 0.29) is 29.7 Å². The van der Waals surface area contributed by atoms with Crippen LogP contribution in [0.4, 0.5) is 13.2 Å². The Kier molecular flexibility index (Phi) is 11.2. The summed E-state index contributed by atoms with van der Waals surface area (Å²) < 4.78 is 40.8. The Balaban J connectivity index is 0.00000484. The molecule has 23 heavy (non-hydrogen) atoms. The number of guanidine groups is 1. The number of alkyl halides is 3. The summed E-state index contributed by atoms with van der Waals surface area (Å²) in [5.74, 6) is 1.86. The van der Waals surface area contributed by atoms with Gasteiger partial charge in [0.1, 0.15) is 5.75 Å². The standard InChI is InChI=1S/C14H20F3N3OS.HI/c1-18-13(19-7-8-22-2)20-9-11-3-5-12(6-4-11)21-10-14(15,16)17;/h3-6H,7-10H2,1-2H3,(H2,18,19,20);1H. The van der Waals surface area contributed by atoms with Gasteiger partial charge in [-0.3, -0.25) is 4.99 Å². The number of halogens is 4. The normalized spacial score (nSPS) is 11.6. The van der Waals surface area contributed by atoms with Gasteiger partial charge in [-0.15, -0.1) is 24.0 Å². The number of aliphatic imine (C=N–C) groups is 1.